The number of rotatable bonds is 3. The summed E-state index contributed by atoms with van der Waals surface area (Å²) >= 11 is 0. The molecule has 0 saturated carbocycles. The molecular weight excluding hydrogens is 182 g/mol. The van der Waals surface area contributed by atoms with Gasteiger partial charge in [-0.3, -0.25) is 0 Å². The second-order valence-corrected chi connectivity index (χ2v) is 3.31. The van der Waals surface area contributed by atoms with Crippen molar-refractivity contribution in [2.75, 3.05) is 20.6 Å². The van der Waals surface area contributed by atoms with Gasteiger partial charge in [0.05, 0.1) is 5.69 Å². The molecule has 0 aliphatic carbocycles. The van der Waals surface area contributed by atoms with E-state index >= 15 is 0 Å². The largest absolute Gasteiger partial charge is 0.361 e. The third-order valence-corrected chi connectivity index (χ3v) is 1.74. The Balaban J connectivity index is 2.25. The number of aromatic nitrogens is 1. The fraction of sp³-hybridized carbons (Fsp3) is 0.556. The standard InChI is InChI=1S/C9H15N3O2/c1-7-6-8(11-14-7)4-5-10-9(13)12(2)3/h6H,4-5H2,1-3H3,(H,10,13). The van der Waals surface area contributed by atoms with E-state index in [1.54, 1.807) is 14.1 Å². The van der Waals surface area contributed by atoms with Crippen LogP contribution in [-0.2, 0) is 6.42 Å². The van der Waals surface area contributed by atoms with Crippen molar-refractivity contribution >= 4 is 6.03 Å². The molecule has 0 radical (unpaired) electrons. The Labute approximate surface area is 83.1 Å². The number of nitrogens with one attached hydrogen (secondary N) is 1. The third-order valence-electron chi connectivity index (χ3n) is 1.74. The monoisotopic (exact) mass is 197 g/mol. The molecule has 1 aromatic heterocycles. The maximum atomic E-state index is 11.1. The summed E-state index contributed by atoms with van der Waals surface area (Å²) < 4.78 is 4.90. The van der Waals surface area contributed by atoms with Crippen LogP contribution in [0, 0.1) is 6.92 Å². The fourth-order valence-electron chi connectivity index (χ4n) is 0.991. The van der Waals surface area contributed by atoms with E-state index in [0.29, 0.717) is 13.0 Å². The molecule has 5 nitrogen and oxygen atoms in total. The van der Waals surface area contributed by atoms with E-state index in [2.05, 4.69) is 10.5 Å². The van der Waals surface area contributed by atoms with Gasteiger partial charge in [0.2, 0.25) is 0 Å². The summed E-state index contributed by atoms with van der Waals surface area (Å²) in [6, 6.07) is 1.77. The highest BCUT2D eigenvalue weighted by Crippen LogP contribution is 2.01. The van der Waals surface area contributed by atoms with Crippen LogP contribution in [0.4, 0.5) is 4.79 Å². The van der Waals surface area contributed by atoms with E-state index < -0.39 is 0 Å². The average Bonchev–Trinajstić information content (AvgIpc) is 2.51. The number of carbonyl (C=O) groups is 1. The highest BCUT2D eigenvalue weighted by molar-refractivity contribution is 5.73. The molecule has 0 fully saturated rings. The van der Waals surface area contributed by atoms with Crippen LogP contribution in [-0.4, -0.2) is 36.7 Å². The first kappa shape index (κ1) is 10.6. The highest BCUT2D eigenvalue weighted by atomic mass is 16.5. The lowest BCUT2D eigenvalue weighted by Crippen LogP contribution is -2.35. The first-order valence-electron chi connectivity index (χ1n) is 4.47. The van der Waals surface area contributed by atoms with Crippen molar-refractivity contribution in [3.63, 3.8) is 0 Å². The van der Waals surface area contributed by atoms with E-state index in [1.807, 2.05) is 13.0 Å². The van der Waals surface area contributed by atoms with Crippen LogP contribution < -0.4 is 5.32 Å². The molecule has 0 saturated heterocycles. The first-order chi connectivity index (χ1) is 6.59. The summed E-state index contributed by atoms with van der Waals surface area (Å²) in [7, 11) is 3.41. The minimum atomic E-state index is -0.0924. The van der Waals surface area contributed by atoms with Gasteiger partial charge >= 0.3 is 6.03 Å². The SMILES string of the molecule is Cc1cc(CCNC(=O)N(C)C)no1. The lowest BCUT2D eigenvalue weighted by atomic mass is 10.3. The van der Waals surface area contributed by atoms with Crippen molar-refractivity contribution in [1.82, 2.24) is 15.4 Å². The van der Waals surface area contributed by atoms with Gasteiger partial charge < -0.3 is 14.7 Å². The Hall–Kier alpha value is -1.52. The van der Waals surface area contributed by atoms with Crippen LogP contribution in [0.15, 0.2) is 10.6 Å². The van der Waals surface area contributed by atoms with Crippen LogP contribution in [0.2, 0.25) is 0 Å². The van der Waals surface area contributed by atoms with Gasteiger partial charge in [0.15, 0.2) is 0 Å². The molecule has 1 aromatic rings. The zero-order valence-electron chi connectivity index (χ0n) is 8.70. The smallest absolute Gasteiger partial charge is 0.316 e. The molecule has 0 aliphatic heterocycles. The van der Waals surface area contributed by atoms with Crippen LogP contribution >= 0.6 is 0 Å². The summed E-state index contributed by atoms with van der Waals surface area (Å²) in [5.41, 5.74) is 0.863. The Kier molecular flexibility index (Phi) is 3.50. The third kappa shape index (κ3) is 3.08. The van der Waals surface area contributed by atoms with Crippen molar-refractivity contribution < 1.29 is 9.32 Å². The molecule has 2 amide bonds. The molecule has 0 aromatic carbocycles. The molecule has 0 atom stereocenters. The van der Waals surface area contributed by atoms with Crippen molar-refractivity contribution in [2.24, 2.45) is 0 Å². The van der Waals surface area contributed by atoms with E-state index in [4.69, 9.17) is 4.52 Å². The number of aryl methyl sites for hydroxylation is 1. The maximum absolute atomic E-state index is 11.1. The van der Waals surface area contributed by atoms with Gasteiger partial charge in [0.1, 0.15) is 5.76 Å². The Bertz CT molecular complexity index is 307. The van der Waals surface area contributed by atoms with Gasteiger partial charge in [-0.15, -0.1) is 0 Å². The van der Waals surface area contributed by atoms with E-state index in [9.17, 15) is 4.79 Å². The second-order valence-electron chi connectivity index (χ2n) is 3.31. The average molecular weight is 197 g/mol. The molecule has 14 heavy (non-hydrogen) atoms. The minimum absolute atomic E-state index is 0.0924. The van der Waals surface area contributed by atoms with Gasteiger partial charge in [-0.2, -0.15) is 0 Å². The Morgan fingerprint density at radius 1 is 1.64 bits per heavy atom. The van der Waals surface area contributed by atoms with Crippen molar-refractivity contribution in [2.45, 2.75) is 13.3 Å². The van der Waals surface area contributed by atoms with Gasteiger partial charge in [0.25, 0.3) is 0 Å². The maximum Gasteiger partial charge on any atom is 0.316 e. The molecular formula is C9H15N3O2. The summed E-state index contributed by atoms with van der Waals surface area (Å²) in [5.74, 6) is 0.791. The normalized spacial score (nSPS) is 9.93. The number of amides is 2. The lowest BCUT2D eigenvalue weighted by molar-refractivity contribution is 0.217. The molecule has 0 aliphatic rings. The van der Waals surface area contributed by atoms with E-state index in [-0.39, 0.29) is 6.03 Å². The lowest BCUT2D eigenvalue weighted by Gasteiger charge is -2.10. The zero-order valence-corrected chi connectivity index (χ0v) is 8.70. The van der Waals surface area contributed by atoms with Gasteiger partial charge in [-0.1, -0.05) is 5.16 Å². The topological polar surface area (TPSA) is 58.4 Å². The Morgan fingerprint density at radius 2 is 2.36 bits per heavy atom. The molecule has 1 rings (SSSR count). The van der Waals surface area contributed by atoms with Crippen molar-refractivity contribution in [1.29, 1.82) is 0 Å². The predicted molar refractivity (Wildman–Crippen MR) is 52.0 cm³/mol. The molecule has 0 unspecified atom stereocenters. The molecule has 0 bridgehead atoms. The minimum Gasteiger partial charge on any atom is -0.361 e. The highest BCUT2D eigenvalue weighted by Gasteiger charge is 2.03. The number of urea groups is 1. The van der Waals surface area contributed by atoms with Crippen LogP contribution in [0.5, 0.6) is 0 Å². The van der Waals surface area contributed by atoms with Gasteiger partial charge in [0, 0.05) is 33.1 Å². The number of hydrogen-bond donors (Lipinski definition) is 1. The van der Waals surface area contributed by atoms with Gasteiger partial charge in [-0.25, -0.2) is 4.79 Å². The number of hydrogen-bond acceptors (Lipinski definition) is 3. The summed E-state index contributed by atoms with van der Waals surface area (Å²) in [4.78, 5) is 12.6. The first-order valence-corrected chi connectivity index (χ1v) is 4.47. The molecule has 5 heteroatoms. The fourth-order valence-corrected chi connectivity index (χ4v) is 0.991. The molecule has 0 spiro atoms. The van der Waals surface area contributed by atoms with Crippen molar-refractivity contribution in [3.05, 3.63) is 17.5 Å². The van der Waals surface area contributed by atoms with Crippen LogP contribution in [0.3, 0.4) is 0 Å². The van der Waals surface area contributed by atoms with Crippen LogP contribution in [0.1, 0.15) is 11.5 Å². The van der Waals surface area contributed by atoms with Crippen LogP contribution in [0.25, 0.3) is 0 Å². The summed E-state index contributed by atoms with van der Waals surface area (Å²) in [5, 5.41) is 6.56. The molecule has 1 heterocycles. The molecule has 1 N–H and O–H groups in total. The van der Waals surface area contributed by atoms with Gasteiger partial charge in [-0.05, 0) is 6.92 Å². The quantitative estimate of drug-likeness (QED) is 0.779. The Morgan fingerprint density at radius 3 is 2.86 bits per heavy atom. The van der Waals surface area contributed by atoms with Crippen molar-refractivity contribution in [3.8, 4) is 0 Å². The number of nitrogens with zero attached hydrogens (tertiary/aromatic N) is 2. The zero-order chi connectivity index (χ0) is 10.6. The van der Waals surface area contributed by atoms with E-state index in [1.165, 1.54) is 4.90 Å². The van der Waals surface area contributed by atoms with E-state index in [0.717, 1.165) is 11.5 Å². The number of carbonyl (C=O) groups excluding carboxylic acids is 1. The summed E-state index contributed by atoms with van der Waals surface area (Å²) in [6.45, 7) is 2.41. The molecule has 78 valence electrons. The second kappa shape index (κ2) is 4.64. The predicted octanol–water partition coefficient (Wildman–Crippen LogP) is 0.797. The summed E-state index contributed by atoms with van der Waals surface area (Å²) in [6.07, 6.45) is 0.691.